The van der Waals surface area contributed by atoms with Crippen LogP contribution in [0.2, 0.25) is 10.0 Å². The standard InChI is InChI=1S/C20H20Cl2N2O5/c1-2-28-14-8-6-13(7-9-14)23-18(26)12-29-19(27)11-10-17(25)24-16-5-3-4-15(21)20(16)22/h3-9H,2,10-12H2,1H3,(H,23,26)(H,24,25). The van der Waals surface area contributed by atoms with Crippen molar-refractivity contribution in [1.29, 1.82) is 0 Å². The van der Waals surface area contributed by atoms with Crippen LogP contribution in [-0.4, -0.2) is 31.0 Å². The minimum atomic E-state index is -0.667. The molecule has 0 bridgehead atoms. The molecule has 0 radical (unpaired) electrons. The number of amides is 2. The summed E-state index contributed by atoms with van der Waals surface area (Å²) in [7, 11) is 0. The number of ether oxygens (including phenoxy) is 2. The maximum Gasteiger partial charge on any atom is 0.306 e. The van der Waals surface area contributed by atoms with Crippen molar-refractivity contribution in [2.75, 3.05) is 23.8 Å². The van der Waals surface area contributed by atoms with Gasteiger partial charge in [0.25, 0.3) is 5.91 Å². The molecule has 0 fully saturated rings. The molecule has 0 aliphatic heterocycles. The summed E-state index contributed by atoms with van der Waals surface area (Å²) in [5.74, 6) is -0.893. The molecule has 0 unspecified atom stereocenters. The van der Waals surface area contributed by atoms with Crippen molar-refractivity contribution in [1.82, 2.24) is 0 Å². The third-order valence-corrected chi connectivity index (χ3v) is 4.41. The molecule has 0 aliphatic rings. The Hall–Kier alpha value is -2.77. The summed E-state index contributed by atoms with van der Waals surface area (Å²) >= 11 is 11.9. The minimum Gasteiger partial charge on any atom is -0.494 e. The van der Waals surface area contributed by atoms with Gasteiger partial charge in [0.2, 0.25) is 5.91 Å². The fourth-order valence-corrected chi connectivity index (χ4v) is 2.59. The van der Waals surface area contributed by atoms with Crippen molar-refractivity contribution < 1.29 is 23.9 Å². The van der Waals surface area contributed by atoms with Gasteiger partial charge in [0.05, 0.1) is 28.8 Å². The predicted molar refractivity (Wildman–Crippen MR) is 112 cm³/mol. The zero-order valence-electron chi connectivity index (χ0n) is 15.7. The molecule has 7 nitrogen and oxygen atoms in total. The molecule has 29 heavy (non-hydrogen) atoms. The Kier molecular flexibility index (Phi) is 8.76. The van der Waals surface area contributed by atoms with Gasteiger partial charge < -0.3 is 20.1 Å². The van der Waals surface area contributed by atoms with E-state index in [1.807, 2.05) is 6.92 Å². The van der Waals surface area contributed by atoms with Gasteiger partial charge in [-0.2, -0.15) is 0 Å². The molecular formula is C20H20Cl2N2O5. The molecule has 154 valence electrons. The predicted octanol–water partition coefficient (Wildman–Crippen LogP) is 4.29. The summed E-state index contributed by atoms with van der Waals surface area (Å²) in [5.41, 5.74) is 0.902. The van der Waals surface area contributed by atoms with Crippen LogP contribution in [0.15, 0.2) is 42.5 Å². The minimum absolute atomic E-state index is 0.123. The van der Waals surface area contributed by atoms with E-state index in [0.29, 0.717) is 28.8 Å². The van der Waals surface area contributed by atoms with Crippen LogP contribution in [0.25, 0.3) is 0 Å². The van der Waals surface area contributed by atoms with E-state index in [2.05, 4.69) is 10.6 Å². The summed E-state index contributed by atoms with van der Waals surface area (Å²) in [6.45, 7) is 1.97. The number of carbonyl (C=O) groups excluding carboxylic acids is 3. The van der Waals surface area contributed by atoms with Crippen molar-refractivity contribution in [3.8, 4) is 5.75 Å². The lowest BCUT2D eigenvalue weighted by molar-refractivity contribution is -0.147. The number of carbonyl (C=O) groups is 3. The number of esters is 1. The topological polar surface area (TPSA) is 93.7 Å². The van der Waals surface area contributed by atoms with E-state index < -0.39 is 24.4 Å². The Bertz CT molecular complexity index is 872. The molecule has 0 atom stereocenters. The van der Waals surface area contributed by atoms with Gasteiger partial charge in [-0.15, -0.1) is 0 Å². The Morgan fingerprint density at radius 2 is 1.66 bits per heavy atom. The Morgan fingerprint density at radius 3 is 2.34 bits per heavy atom. The molecule has 2 aromatic rings. The molecule has 0 heterocycles. The van der Waals surface area contributed by atoms with Crippen LogP contribution in [-0.2, 0) is 19.1 Å². The molecule has 0 spiro atoms. The largest absolute Gasteiger partial charge is 0.494 e. The number of nitrogens with one attached hydrogen (secondary N) is 2. The van der Waals surface area contributed by atoms with Crippen LogP contribution < -0.4 is 15.4 Å². The van der Waals surface area contributed by atoms with Gasteiger partial charge in [-0.25, -0.2) is 0 Å². The zero-order valence-corrected chi connectivity index (χ0v) is 17.2. The first-order valence-corrected chi connectivity index (χ1v) is 9.57. The van der Waals surface area contributed by atoms with Gasteiger partial charge in [-0.1, -0.05) is 29.3 Å². The van der Waals surface area contributed by atoms with Crippen LogP contribution in [0.3, 0.4) is 0 Å². The van der Waals surface area contributed by atoms with E-state index in [1.165, 1.54) is 0 Å². The maximum absolute atomic E-state index is 11.9. The quantitative estimate of drug-likeness (QED) is 0.569. The Morgan fingerprint density at radius 1 is 0.931 bits per heavy atom. The molecule has 0 aromatic heterocycles. The second kappa shape index (κ2) is 11.3. The van der Waals surface area contributed by atoms with Gasteiger partial charge in [0.1, 0.15) is 5.75 Å². The fourth-order valence-electron chi connectivity index (χ4n) is 2.25. The third kappa shape index (κ3) is 7.63. The SMILES string of the molecule is CCOc1ccc(NC(=O)COC(=O)CCC(=O)Nc2cccc(Cl)c2Cl)cc1. The van der Waals surface area contributed by atoms with Crippen LogP contribution in [0.1, 0.15) is 19.8 Å². The second-order valence-corrected chi connectivity index (χ2v) is 6.60. The summed E-state index contributed by atoms with van der Waals surface area (Å²) in [4.78, 5) is 35.5. The number of hydrogen-bond acceptors (Lipinski definition) is 5. The fraction of sp³-hybridized carbons (Fsp3) is 0.250. The highest BCUT2D eigenvalue weighted by molar-refractivity contribution is 6.44. The van der Waals surface area contributed by atoms with E-state index in [1.54, 1.807) is 42.5 Å². The van der Waals surface area contributed by atoms with Crippen LogP contribution in [0.4, 0.5) is 11.4 Å². The molecule has 0 saturated carbocycles. The van der Waals surface area contributed by atoms with Gasteiger partial charge in [0, 0.05) is 12.1 Å². The van der Waals surface area contributed by atoms with Crippen molar-refractivity contribution in [3.05, 3.63) is 52.5 Å². The Balaban J connectivity index is 1.70. The van der Waals surface area contributed by atoms with Crippen LogP contribution in [0, 0.1) is 0 Å². The van der Waals surface area contributed by atoms with Crippen molar-refractivity contribution in [2.24, 2.45) is 0 Å². The van der Waals surface area contributed by atoms with E-state index >= 15 is 0 Å². The molecule has 0 saturated heterocycles. The number of halogens is 2. The molecule has 2 aromatic carbocycles. The van der Waals surface area contributed by atoms with E-state index in [0.717, 1.165) is 0 Å². The average molecular weight is 439 g/mol. The summed E-state index contributed by atoms with van der Waals surface area (Å²) in [6.07, 6.45) is -0.303. The van der Waals surface area contributed by atoms with Gasteiger partial charge in [-0.3, -0.25) is 14.4 Å². The number of benzene rings is 2. The smallest absolute Gasteiger partial charge is 0.306 e. The number of hydrogen-bond donors (Lipinski definition) is 2. The van der Waals surface area contributed by atoms with Crippen LogP contribution in [0.5, 0.6) is 5.75 Å². The molecule has 2 N–H and O–H groups in total. The maximum atomic E-state index is 11.9. The van der Waals surface area contributed by atoms with Gasteiger partial charge in [0.15, 0.2) is 6.61 Å². The highest BCUT2D eigenvalue weighted by Gasteiger charge is 2.13. The normalized spacial score (nSPS) is 10.2. The second-order valence-electron chi connectivity index (χ2n) is 5.82. The van der Waals surface area contributed by atoms with Crippen molar-refractivity contribution in [2.45, 2.75) is 19.8 Å². The zero-order chi connectivity index (χ0) is 21.2. The summed E-state index contributed by atoms with van der Waals surface area (Å²) < 4.78 is 10.2. The number of anilines is 2. The summed E-state index contributed by atoms with van der Waals surface area (Å²) in [6, 6.07) is 11.6. The molecule has 9 heteroatoms. The summed E-state index contributed by atoms with van der Waals surface area (Å²) in [5, 5.41) is 5.69. The highest BCUT2D eigenvalue weighted by atomic mass is 35.5. The first kappa shape index (κ1) is 22.5. The lowest BCUT2D eigenvalue weighted by Gasteiger charge is -2.09. The lowest BCUT2D eigenvalue weighted by Crippen LogP contribution is -2.21. The molecular weight excluding hydrogens is 419 g/mol. The van der Waals surface area contributed by atoms with E-state index in [9.17, 15) is 14.4 Å². The van der Waals surface area contributed by atoms with Crippen LogP contribution >= 0.6 is 23.2 Å². The van der Waals surface area contributed by atoms with Gasteiger partial charge >= 0.3 is 5.97 Å². The van der Waals surface area contributed by atoms with E-state index in [-0.39, 0.29) is 17.9 Å². The molecule has 2 amide bonds. The lowest BCUT2D eigenvalue weighted by atomic mass is 10.2. The number of rotatable bonds is 9. The van der Waals surface area contributed by atoms with E-state index in [4.69, 9.17) is 32.7 Å². The van der Waals surface area contributed by atoms with Gasteiger partial charge in [-0.05, 0) is 43.3 Å². The van der Waals surface area contributed by atoms with Crippen molar-refractivity contribution in [3.63, 3.8) is 0 Å². The highest BCUT2D eigenvalue weighted by Crippen LogP contribution is 2.29. The monoisotopic (exact) mass is 438 g/mol. The first-order chi connectivity index (χ1) is 13.9. The van der Waals surface area contributed by atoms with Crippen molar-refractivity contribution >= 4 is 52.4 Å². The molecule has 2 rings (SSSR count). The first-order valence-electron chi connectivity index (χ1n) is 8.81. The molecule has 0 aliphatic carbocycles. The Labute approximate surface area is 178 Å². The third-order valence-electron chi connectivity index (χ3n) is 3.60. The average Bonchev–Trinajstić information content (AvgIpc) is 2.70.